The number of carbonyl (C=O) groups excluding carboxylic acids is 1. The van der Waals surface area contributed by atoms with E-state index in [9.17, 15) is 18.7 Å². The Balaban J connectivity index is 1.91. The van der Waals surface area contributed by atoms with Gasteiger partial charge >= 0.3 is 0 Å². The second-order valence-corrected chi connectivity index (χ2v) is 5.87. The lowest BCUT2D eigenvalue weighted by Crippen LogP contribution is -2.15. The third-order valence-corrected chi connectivity index (χ3v) is 4.39. The first-order chi connectivity index (χ1) is 12.5. The normalized spacial score (nSPS) is 11.3. The van der Waals surface area contributed by atoms with E-state index < -0.39 is 23.2 Å². The fourth-order valence-corrected chi connectivity index (χ4v) is 3.27. The number of aryl methyl sites for hydroxylation is 1. The topological polar surface area (TPSA) is 58.7 Å². The number of anilines is 1. The van der Waals surface area contributed by atoms with Gasteiger partial charge in [0.15, 0.2) is 0 Å². The number of benzene rings is 2. The molecule has 2 heterocycles. The van der Waals surface area contributed by atoms with Gasteiger partial charge in [-0.3, -0.25) is 9.20 Å². The average Bonchev–Trinajstić information content (AvgIpc) is 3.11. The van der Waals surface area contributed by atoms with Crippen LogP contribution in [0.4, 0.5) is 14.5 Å². The van der Waals surface area contributed by atoms with Crippen molar-refractivity contribution in [3.8, 4) is 5.75 Å². The quantitative estimate of drug-likeness (QED) is 0.580. The van der Waals surface area contributed by atoms with Crippen molar-refractivity contribution < 1.29 is 18.7 Å². The summed E-state index contributed by atoms with van der Waals surface area (Å²) in [4.78, 5) is 12.7. The molecule has 2 N–H and O–H groups in total. The highest BCUT2D eigenvalue weighted by molar-refractivity contribution is 6.12. The predicted octanol–water partition coefficient (Wildman–Crippen LogP) is 4.15. The van der Waals surface area contributed by atoms with Gasteiger partial charge in [0, 0.05) is 6.54 Å². The Morgan fingerprint density at radius 2 is 1.73 bits per heavy atom. The molecule has 0 radical (unpaired) electrons. The maximum absolute atomic E-state index is 13.9. The van der Waals surface area contributed by atoms with Crippen LogP contribution < -0.4 is 5.32 Å². The average molecular weight is 355 g/mol. The molecule has 1 amide bonds. The lowest BCUT2D eigenvalue weighted by Gasteiger charge is -2.08. The van der Waals surface area contributed by atoms with Gasteiger partial charge < -0.3 is 15.0 Å². The molecule has 5 nitrogen and oxygen atoms in total. The van der Waals surface area contributed by atoms with Gasteiger partial charge in [0.2, 0.25) is 0 Å². The molecule has 0 aliphatic carbocycles. The Morgan fingerprint density at radius 3 is 2.38 bits per heavy atom. The van der Waals surface area contributed by atoms with E-state index in [1.807, 2.05) is 35.8 Å². The second-order valence-electron chi connectivity index (χ2n) is 5.87. The van der Waals surface area contributed by atoms with Crippen LogP contribution in [-0.2, 0) is 6.54 Å². The van der Waals surface area contributed by atoms with Gasteiger partial charge in [0.05, 0.1) is 17.2 Å². The second kappa shape index (κ2) is 5.87. The molecular weight excluding hydrogens is 340 g/mol. The van der Waals surface area contributed by atoms with Crippen molar-refractivity contribution in [2.45, 2.75) is 13.5 Å². The molecule has 0 saturated heterocycles. The lowest BCUT2D eigenvalue weighted by molar-refractivity contribution is 0.102. The van der Waals surface area contributed by atoms with Crippen molar-refractivity contribution in [2.75, 3.05) is 5.32 Å². The van der Waals surface area contributed by atoms with Crippen molar-refractivity contribution in [3.63, 3.8) is 0 Å². The first-order valence-electron chi connectivity index (χ1n) is 8.09. The number of halogens is 2. The Bertz CT molecular complexity index is 1140. The van der Waals surface area contributed by atoms with Gasteiger partial charge in [0.1, 0.15) is 34.3 Å². The first-order valence-corrected chi connectivity index (χ1v) is 8.09. The first kappa shape index (κ1) is 16.1. The van der Waals surface area contributed by atoms with Gasteiger partial charge in [0.25, 0.3) is 5.91 Å². The summed E-state index contributed by atoms with van der Waals surface area (Å²) in [6.45, 7) is 2.46. The van der Waals surface area contributed by atoms with Crippen molar-refractivity contribution >= 4 is 28.3 Å². The van der Waals surface area contributed by atoms with Gasteiger partial charge in [-0.25, -0.2) is 8.78 Å². The van der Waals surface area contributed by atoms with Crippen LogP contribution in [-0.4, -0.2) is 20.0 Å². The van der Waals surface area contributed by atoms with Crippen LogP contribution in [0.5, 0.6) is 5.75 Å². The summed E-state index contributed by atoms with van der Waals surface area (Å²) in [7, 11) is 0. The van der Waals surface area contributed by atoms with Gasteiger partial charge in [-0.2, -0.15) is 0 Å². The molecule has 4 rings (SSSR count). The van der Waals surface area contributed by atoms with Crippen molar-refractivity contribution in [1.82, 2.24) is 8.97 Å². The van der Waals surface area contributed by atoms with Crippen LogP contribution in [0.15, 0.2) is 48.7 Å². The van der Waals surface area contributed by atoms with Gasteiger partial charge in [-0.15, -0.1) is 0 Å². The summed E-state index contributed by atoms with van der Waals surface area (Å²) in [5.74, 6) is -2.82. The van der Waals surface area contributed by atoms with Gasteiger partial charge in [-0.1, -0.05) is 18.2 Å². The minimum Gasteiger partial charge on any atom is -0.505 e. The molecule has 0 spiro atoms. The predicted molar refractivity (Wildman–Crippen MR) is 94.5 cm³/mol. The van der Waals surface area contributed by atoms with Crippen LogP contribution in [0.2, 0.25) is 0 Å². The van der Waals surface area contributed by atoms with E-state index in [1.165, 1.54) is 12.3 Å². The van der Waals surface area contributed by atoms with Crippen LogP contribution in [0, 0.1) is 11.6 Å². The molecule has 0 fully saturated rings. The minimum absolute atomic E-state index is 0.0364. The molecule has 2 aromatic carbocycles. The zero-order valence-electron chi connectivity index (χ0n) is 13.8. The molecule has 26 heavy (non-hydrogen) atoms. The molecule has 0 aliphatic heterocycles. The number of nitrogens with zero attached hydrogens (tertiary/aromatic N) is 2. The monoisotopic (exact) mass is 355 g/mol. The Kier molecular flexibility index (Phi) is 3.64. The van der Waals surface area contributed by atoms with E-state index in [4.69, 9.17) is 0 Å². The third kappa shape index (κ3) is 2.24. The third-order valence-electron chi connectivity index (χ3n) is 4.39. The van der Waals surface area contributed by atoms with Crippen LogP contribution in [0.1, 0.15) is 17.3 Å². The number of amides is 1. The highest BCUT2D eigenvalue weighted by atomic mass is 19.1. The Labute approximate surface area is 147 Å². The van der Waals surface area contributed by atoms with Crippen molar-refractivity contribution in [1.29, 1.82) is 0 Å². The zero-order valence-corrected chi connectivity index (χ0v) is 13.8. The number of rotatable bonds is 3. The lowest BCUT2D eigenvalue weighted by atomic mass is 10.2. The van der Waals surface area contributed by atoms with E-state index in [2.05, 4.69) is 5.32 Å². The summed E-state index contributed by atoms with van der Waals surface area (Å²) in [5, 5.41) is 12.5. The van der Waals surface area contributed by atoms with Crippen molar-refractivity contribution in [3.05, 3.63) is 65.9 Å². The molecule has 0 bridgehead atoms. The molecule has 0 saturated carbocycles. The van der Waals surface area contributed by atoms with Crippen LogP contribution in [0.25, 0.3) is 16.7 Å². The molecule has 4 aromatic rings. The van der Waals surface area contributed by atoms with Crippen LogP contribution in [0.3, 0.4) is 0 Å². The van der Waals surface area contributed by atoms with Crippen molar-refractivity contribution in [2.24, 2.45) is 0 Å². The largest absolute Gasteiger partial charge is 0.505 e. The standard InChI is InChI=1S/C19H15F2N3O2/c1-2-23-13-8-3-4-9-14(13)24-10-15(25)16(19(23)24)18(26)22-17-11(20)6-5-7-12(17)21/h3-10,25H,2H2,1H3,(H,22,26). The molecule has 0 unspecified atom stereocenters. The van der Waals surface area contributed by atoms with E-state index in [0.29, 0.717) is 12.2 Å². The van der Waals surface area contributed by atoms with E-state index in [0.717, 1.165) is 23.2 Å². The number of hydrogen-bond acceptors (Lipinski definition) is 2. The molecule has 132 valence electrons. The summed E-state index contributed by atoms with van der Waals surface area (Å²) in [6, 6.07) is 10.8. The maximum Gasteiger partial charge on any atom is 0.263 e. The van der Waals surface area contributed by atoms with E-state index in [-0.39, 0.29) is 11.3 Å². The number of para-hydroxylation sites is 3. The fraction of sp³-hybridized carbons (Fsp3) is 0.105. The zero-order chi connectivity index (χ0) is 18.4. The number of imidazole rings is 1. The van der Waals surface area contributed by atoms with Crippen LogP contribution >= 0.6 is 0 Å². The maximum atomic E-state index is 13.9. The number of aromatic hydroxyl groups is 1. The summed E-state index contributed by atoms with van der Waals surface area (Å²) in [6.07, 6.45) is 1.43. The number of hydrogen-bond donors (Lipinski definition) is 2. The SMILES string of the molecule is CCn1c2ccccc2n2cc(O)c(C(=O)Nc3c(F)cccc3F)c12. The van der Waals surface area contributed by atoms with E-state index in [1.54, 1.807) is 4.40 Å². The molecular formula is C19H15F2N3O2. The number of fused-ring (bicyclic) bond motifs is 3. The Hall–Kier alpha value is -3.35. The minimum atomic E-state index is -0.885. The number of carbonyl (C=O) groups is 1. The van der Waals surface area contributed by atoms with E-state index >= 15 is 0 Å². The highest BCUT2D eigenvalue weighted by Crippen LogP contribution is 2.32. The summed E-state index contributed by atoms with van der Waals surface area (Å²) in [5.41, 5.74) is 1.58. The highest BCUT2D eigenvalue weighted by Gasteiger charge is 2.24. The molecule has 0 atom stereocenters. The van der Waals surface area contributed by atoms with Gasteiger partial charge in [-0.05, 0) is 31.2 Å². The molecule has 7 heteroatoms. The fourth-order valence-electron chi connectivity index (χ4n) is 3.27. The molecule has 2 aromatic heterocycles. The number of nitrogens with one attached hydrogen (secondary N) is 1. The summed E-state index contributed by atoms with van der Waals surface area (Å²) >= 11 is 0. The number of aromatic nitrogens is 2. The smallest absolute Gasteiger partial charge is 0.263 e. The summed E-state index contributed by atoms with van der Waals surface area (Å²) < 4.78 is 31.3. The molecule has 0 aliphatic rings. The Morgan fingerprint density at radius 1 is 1.08 bits per heavy atom.